The van der Waals surface area contributed by atoms with Gasteiger partial charge in [-0.2, -0.15) is 11.8 Å². The number of carbonyl (C=O) groups excluding carboxylic acids is 1. The molecule has 7 nitrogen and oxygen atoms in total. The lowest BCUT2D eigenvalue weighted by atomic mass is 10.2. The minimum atomic E-state index is -0.170. The number of aromatic nitrogens is 2. The summed E-state index contributed by atoms with van der Waals surface area (Å²) >= 11 is 8.63. The molecule has 32 heavy (non-hydrogen) atoms. The number of nitrogens with zero attached hydrogens (tertiary/aromatic N) is 4. The van der Waals surface area contributed by atoms with Gasteiger partial charge in [-0.1, -0.05) is 30.0 Å². The molecule has 2 aromatic rings. The molecular weight excluding hydrogens is 464 g/mol. The van der Waals surface area contributed by atoms with Gasteiger partial charge in [0.2, 0.25) is 0 Å². The summed E-state index contributed by atoms with van der Waals surface area (Å²) in [7, 11) is 0. The zero-order chi connectivity index (χ0) is 22.2. The quantitative estimate of drug-likeness (QED) is 0.481. The molecule has 3 fully saturated rings. The van der Waals surface area contributed by atoms with Gasteiger partial charge in [0.25, 0.3) is 11.5 Å². The van der Waals surface area contributed by atoms with Crippen molar-refractivity contribution in [1.29, 1.82) is 0 Å². The lowest BCUT2D eigenvalue weighted by Gasteiger charge is -2.29. The Bertz CT molecular complexity index is 1170. The van der Waals surface area contributed by atoms with Gasteiger partial charge in [-0.05, 0) is 37.5 Å². The molecule has 0 saturated carbocycles. The van der Waals surface area contributed by atoms with Crippen LogP contribution in [0.5, 0.6) is 0 Å². The fourth-order valence-corrected chi connectivity index (χ4v) is 6.38. The first-order valence-corrected chi connectivity index (χ1v) is 13.1. The first kappa shape index (κ1) is 21.9. The van der Waals surface area contributed by atoms with Gasteiger partial charge in [-0.25, -0.2) is 4.98 Å². The van der Waals surface area contributed by atoms with Gasteiger partial charge in [0.1, 0.15) is 15.8 Å². The Morgan fingerprint density at radius 2 is 2.12 bits per heavy atom. The molecule has 1 atom stereocenters. The minimum Gasteiger partial charge on any atom is -0.376 e. The van der Waals surface area contributed by atoms with Crippen LogP contribution in [0.15, 0.2) is 28.0 Å². The largest absolute Gasteiger partial charge is 0.376 e. The van der Waals surface area contributed by atoms with Gasteiger partial charge in [0, 0.05) is 37.4 Å². The molecule has 2 aromatic heterocycles. The van der Waals surface area contributed by atoms with E-state index >= 15 is 0 Å². The second-order valence-electron chi connectivity index (χ2n) is 8.07. The fourth-order valence-electron chi connectivity index (χ4n) is 4.22. The second kappa shape index (κ2) is 9.17. The molecule has 0 spiro atoms. The van der Waals surface area contributed by atoms with Gasteiger partial charge >= 0.3 is 0 Å². The third-order valence-electron chi connectivity index (χ3n) is 5.93. The molecule has 3 saturated heterocycles. The third-order valence-corrected chi connectivity index (χ3v) is 8.25. The van der Waals surface area contributed by atoms with E-state index in [0.29, 0.717) is 32.8 Å². The van der Waals surface area contributed by atoms with Gasteiger partial charge in [-0.3, -0.25) is 18.9 Å². The standard InChI is InChI=1S/C22H24N4O3S3/c1-14-4-2-6-25-18(14)23-19(24-7-10-31-11-8-24)16(20(25)27)12-17-21(28)26(22(30)32-17)13-15-5-3-9-29-15/h2,4,6,12,15H,3,5,7-11,13H2,1H3/b17-12-/t15-/m0/s1. The number of fused-ring (bicyclic) bond motifs is 1. The van der Waals surface area contributed by atoms with Crippen molar-refractivity contribution in [3.8, 4) is 0 Å². The molecule has 0 N–H and O–H groups in total. The zero-order valence-corrected chi connectivity index (χ0v) is 20.2. The number of aryl methyl sites for hydroxylation is 1. The maximum Gasteiger partial charge on any atom is 0.267 e. The predicted octanol–water partition coefficient (Wildman–Crippen LogP) is 2.94. The van der Waals surface area contributed by atoms with Crippen LogP contribution in [0.3, 0.4) is 0 Å². The number of thiocarbonyl (C=S) groups is 1. The summed E-state index contributed by atoms with van der Waals surface area (Å²) in [6.07, 6.45) is 5.38. The molecule has 0 aliphatic carbocycles. The van der Waals surface area contributed by atoms with Gasteiger partial charge in [0.15, 0.2) is 0 Å². The van der Waals surface area contributed by atoms with Crippen molar-refractivity contribution in [3.05, 3.63) is 44.7 Å². The van der Waals surface area contributed by atoms with E-state index in [0.717, 1.165) is 49.6 Å². The highest BCUT2D eigenvalue weighted by Gasteiger charge is 2.35. The molecule has 168 valence electrons. The van der Waals surface area contributed by atoms with Crippen LogP contribution in [-0.4, -0.2) is 68.4 Å². The molecule has 1 amide bonds. The number of carbonyl (C=O) groups is 1. The molecule has 3 aliphatic rings. The number of hydrogen-bond donors (Lipinski definition) is 0. The number of anilines is 1. The maximum atomic E-state index is 13.5. The SMILES string of the molecule is Cc1cccn2c(=O)c(/C=C3\SC(=S)N(C[C@@H]4CCCO4)C3=O)c(N3CCSCC3)nc12. The van der Waals surface area contributed by atoms with Crippen LogP contribution in [0.25, 0.3) is 11.7 Å². The van der Waals surface area contributed by atoms with E-state index in [1.54, 1.807) is 21.6 Å². The number of thioether (sulfide) groups is 2. The number of hydrogen-bond acceptors (Lipinski definition) is 8. The summed E-state index contributed by atoms with van der Waals surface area (Å²) in [6, 6.07) is 3.79. The smallest absolute Gasteiger partial charge is 0.267 e. The highest BCUT2D eigenvalue weighted by molar-refractivity contribution is 8.26. The highest BCUT2D eigenvalue weighted by atomic mass is 32.2. The number of amides is 1. The van der Waals surface area contributed by atoms with Crippen LogP contribution in [0.1, 0.15) is 24.0 Å². The highest BCUT2D eigenvalue weighted by Crippen LogP contribution is 2.34. The summed E-state index contributed by atoms with van der Waals surface area (Å²) < 4.78 is 7.77. The predicted molar refractivity (Wildman–Crippen MR) is 135 cm³/mol. The van der Waals surface area contributed by atoms with Gasteiger partial charge < -0.3 is 9.64 Å². The molecule has 0 bridgehead atoms. The number of rotatable bonds is 4. The van der Waals surface area contributed by atoms with E-state index in [1.807, 2.05) is 30.8 Å². The van der Waals surface area contributed by atoms with Crippen molar-refractivity contribution < 1.29 is 9.53 Å². The van der Waals surface area contributed by atoms with Crippen molar-refractivity contribution in [2.24, 2.45) is 0 Å². The summed E-state index contributed by atoms with van der Waals surface area (Å²) in [5, 5.41) is 0. The Morgan fingerprint density at radius 3 is 2.88 bits per heavy atom. The lowest BCUT2D eigenvalue weighted by Crippen LogP contribution is -2.36. The Hall–Kier alpha value is -1.88. The average Bonchev–Trinajstić information content (AvgIpc) is 3.41. The van der Waals surface area contributed by atoms with E-state index in [2.05, 4.69) is 4.90 Å². The summed E-state index contributed by atoms with van der Waals surface area (Å²) in [5.41, 5.74) is 1.86. The molecule has 0 radical (unpaired) electrons. The van der Waals surface area contributed by atoms with Crippen LogP contribution in [0.4, 0.5) is 5.82 Å². The molecule has 3 aliphatic heterocycles. The number of pyridine rings is 1. The maximum absolute atomic E-state index is 13.5. The van der Waals surface area contributed by atoms with Crippen molar-refractivity contribution in [1.82, 2.24) is 14.3 Å². The lowest BCUT2D eigenvalue weighted by molar-refractivity contribution is -0.123. The van der Waals surface area contributed by atoms with E-state index in [9.17, 15) is 9.59 Å². The molecule has 10 heteroatoms. The number of ether oxygens (including phenoxy) is 1. The normalized spacial score (nSPS) is 23.2. The first-order chi connectivity index (χ1) is 15.5. The van der Waals surface area contributed by atoms with E-state index in [4.69, 9.17) is 21.9 Å². The third kappa shape index (κ3) is 4.09. The van der Waals surface area contributed by atoms with Crippen molar-refractivity contribution in [2.45, 2.75) is 25.9 Å². The first-order valence-electron chi connectivity index (χ1n) is 10.7. The topological polar surface area (TPSA) is 67.2 Å². The van der Waals surface area contributed by atoms with E-state index in [1.165, 1.54) is 11.8 Å². The van der Waals surface area contributed by atoms with E-state index < -0.39 is 0 Å². The molecule has 5 rings (SSSR count). The van der Waals surface area contributed by atoms with Gasteiger partial charge in [0.05, 0.1) is 23.1 Å². The summed E-state index contributed by atoms with van der Waals surface area (Å²) in [6.45, 7) is 4.78. The Balaban J connectivity index is 1.57. The van der Waals surface area contributed by atoms with Crippen LogP contribution in [-0.2, 0) is 9.53 Å². The van der Waals surface area contributed by atoms with Crippen LogP contribution >= 0.6 is 35.7 Å². The van der Waals surface area contributed by atoms with Crippen LogP contribution in [0.2, 0.25) is 0 Å². The van der Waals surface area contributed by atoms with Crippen molar-refractivity contribution in [2.75, 3.05) is 42.6 Å². The monoisotopic (exact) mass is 488 g/mol. The minimum absolute atomic E-state index is 0.0224. The average molecular weight is 489 g/mol. The Labute approximate surface area is 200 Å². The molecule has 0 aromatic carbocycles. The van der Waals surface area contributed by atoms with Crippen molar-refractivity contribution >= 4 is 63.5 Å². The van der Waals surface area contributed by atoms with Crippen LogP contribution in [0, 0.1) is 6.92 Å². The summed E-state index contributed by atoms with van der Waals surface area (Å²) in [5.74, 6) is 2.45. The Kier molecular flexibility index (Phi) is 6.28. The molecular formula is C22H24N4O3S3. The molecule has 5 heterocycles. The van der Waals surface area contributed by atoms with Gasteiger partial charge in [-0.15, -0.1) is 0 Å². The summed E-state index contributed by atoms with van der Waals surface area (Å²) in [4.78, 5) is 35.8. The Morgan fingerprint density at radius 1 is 1.31 bits per heavy atom. The van der Waals surface area contributed by atoms with Crippen molar-refractivity contribution in [3.63, 3.8) is 0 Å². The fraction of sp³-hybridized carbons (Fsp3) is 0.455. The molecule has 0 unspecified atom stereocenters. The zero-order valence-electron chi connectivity index (χ0n) is 17.8. The van der Waals surface area contributed by atoms with Crippen LogP contribution < -0.4 is 10.5 Å². The second-order valence-corrected chi connectivity index (χ2v) is 11.0. The van der Waals surface area contributed by atoms with E-state index in [-0.39, 0.29) is 17.6 Å².